The van der Waals surface area contributed by atoms with Gasteiger partial charge in [-0.25, -0.2) is 0 Å². The molecule has 0 aliphatic carbocycles. The topological polar surface area (TPSA) is 58.6 Å². The van der Waals surface area contributed by atoms with Gasteiger partial charge in [0.2, 0.25) is 5.91 Å². The predicted molar refractivity (Wildman–Crippen MR) is 77.7 cm³/mol. The van der Waals surface area contributed by atoms with Crippen molar-refractivity contribution in [3.05, 3.63) is 24.3 Å². The Morgan fingerprint density at radius 3 is 2.75 bits per heavy atom. The molecule has 1 unspecified atom stereocenters. The van der Waals surface area contributed by atoms with E-state index >= 15 is 0 Å². The number of benzene rings is 1. The molecule has 0 saturated carbocycles. The van der Waals surface area contributed by atoms with Gasteiger partial charge >= 0.3 is 5.97 Å². The molecule has 0 spiro atoms. The Bertz CT molecular complexity index is 502. The fraction of sp³-hybridized carbons (Fsp3) is 0.467. The van der Waals surface area contributed by atoms with E-state index in [0.717, 1.165) is 25.1 Å². The van der Waals surface area contributed by atoms with Crippen molar-refractivity contribution >= 4 is 23.3 Å². The first-order valence-electron chi connectivity index (χ1n) is 6.84. The van der Waals surface area contributed by atoms with Crippen LogP contribution in [0.1, 0.15) is 26.2 Å². The first-order chi connectivity index (χ1) is 9.63. The molecule has 2 heterocycles. The lowest BCUT2D eigenvalue weighted by Gasteiger charge is -2.40. The number of hydrogen-bond acceptors (Lipinski definition) is 4. The number of carbonyl (C=O) groups is 2. The maximum absolute atomic E-state index is 11.8. The molecule has 1 atom stereocenters. The van der Waals surface area contributed by atoms with E-state index in [9.17, 15) is 9.59 Å². The molecule has 2 aliphatic rings. The summed E-state index contributed by atoms with van der Waals surface area (Å²) in [5.74, 6) is -0.0848. The minimum absolute atomic E-state index is 0.0636. The maximum Gasteiger partial charge on any atom is 0.302 e. The molecule has 20 heavy (non-hydrogen) atoms. The SMILES string of the molecule is COC(C)=O.O=C1Nc2ccccc2N2CCCCC12. The number of nitrogens with one attached hydrogen (secondary N) is 1. The molecule has 1 N–H and O–H groups in total. The van der Waals surface area contributed by atoms with Gasteiger partial charge in [0.25, 0.3) is 0 Å². The van der Waals surface area contributed by atoms with Gasteiger partial charge in [0.1, 0.15) is 6.04 Å². The number of methoxy groups -OCH3 is 1. The molecule has 5 nitrogen and oxygen atoms in total. The van der Waals surface area contributed by atoms with Crippen LogP contribution in [0.4, 0.5) is 11.4 Å². The van der Waals surface area contributed by atoms with Crippen molar-refractivity contribution in [2.75, 3.05) is 23.9 Å². The number of nitrogens with zero attached hydrogens (tertiary/aromatic N) is 1. The molecular formula is C15H20N2O3. The molecule has 3 rings (SSSR count). The molecule has 1 saturated heterocycles. The van der Waals surface area contributed by atoms with Gasteiger partial charge in [-0.15, -0.1) is 0 Å². The Morgan fingerprint density at radius 2 is 2.05 bits per heavy atom. The monoisotopic (exact) mass is 276 g/mol. The molecule has 1 fully saturated rings. The van der Waals surface area contributed by atoms with Crippen molar-refractivity contribution in [1.82, 2.24) is 0 Å². The highest BCUT2D eigenvalue weighted by molar-refractivity contribution is 6.03. The van der Waals surface area contributed by atoms with Crippen molar-refractivity contribution in [2.45, 2.75) is 32.2 Å². The Balaban J connectivity index is 0.000000257. The number of carbonyl (C=O) groups excluding carboxylic acids is 2. The number of piperidine rings is 1. The molecule has 2 aliphatic heterocycles. The third kappa shape index (κ3) is 3.10. The highest BCUT2D eigenvalue weighted by Crippen LogP contribution is 2.35. The second-order valence-corrected chi connectivity index (χ2v) is 4.91. The summed E-state index contributed by atoms with van der Waals surface area (Å²) in [6, 6.07) is 8.12. The van der Waals surface area contributed by atoms with E-state index in [4.69, 9.17) is 0 Å². The van der Waals surface area contributed by atoms with Gasteiger partial charge < -0.3 is 15.0 Å². The van der Waals surface area contributed by atoms with Gasteiger partial charge in [0.05, 0.1) is 18.5 Å². The van der Waals surface area contributed by atoms with E-state index in [1.54, 1.807) is 0 Å². The van der Waals surface area contributed by atoms with Crippen LogP contribution in [0.15, 0.2) is 24.3 Å². The zero-order valence-corrected chi connectivity index (χ0v) is 11.9. The van der Waals surface area contributed by atoms with Gasteiger partial charge in [0, 0.05) is 13.5 Å². The smallest absolute Gasteiger partial charge is 0.302 e. The zero-order chi connectivity index (χ0) is 14.5. The largest absolute Gasteiger partial charge is 0.469 e. The fourth-order valence-electron chi connectivity index (χ4n) is 2.54. The molecule has 108 valence electrons. The van der Waals surface area contributed by atoms with Crippen LogP contribution in [-0.4, -0.2) is 31.6 Å². The first-order valence-corrected chi connectivity index (χ1v) is 6.84. The van der Waals surface area contributed by atoms with E-state index in [1.807, 2.05) is 18.2 Å². The second kappa shape index (κ2) is 6.41. The number of rotatable bonds is 0. The summed E-state index contributed by atoms with van der Waals surface area (Å²) in [5, 5.41) is 2.98. The average Bonchev–Trinajstić information content (AvgIpc) is 2.48. The quantitative estimate of drug-likeness (QED) is 0.738. The Morgan fingerprint density at radius 1 is 1.35 bits per heavy atom. The number of amides is 1. The van der Waals surface area contributed by atoms with Crippen molar-refractivity contribution in [1.29, 1.82) is 0 Å². The fourth-order valence-corrected chi connectivity index (χ4v) is 2.54. The number of esters is 1. The average molecular weight is 276 g/mol. The van der Waals surface area contributed by atoms with Gasteiger partial charge in [0.15, 0.2) is 0 Å². The predicted octanol–water partition coefficient (Wildman–Crippen LogP) is 2.18. The van der Waals surface area contributed by atoms with Crippen molar-refractivity contribution in [2.24, 2.45) is 0 Å². The van der Waals surface area contributed by atoms with Crippen molar-refractivity contribution < 1.29 is 14.3 Å². The summed E-state index contributed by atoms with van der Waals surface area (Å²) >= 11 is 0. The number of hydrogen-bond donors (Lipinski definition) is 1. The van der Waals surface area contributed by atoms with Crippen LogP contribution in [0.25, 0.3) is 0 Å². The lowest BCUT2D eigenvalue weighted by atomic mass is 9.97. The van der Waals surface area contributed by atoms with Crippen molar-refractivity contribution in [3.63, 3.8) is 0 Å². The first kappa shape index (κ1) is 14.4. The Kier molecular flexibility index (Phi) is 4.61. The Hall–Kier alpha value is -2.04. The summed E-state index contributed by atoms with van der Waals surface area (Å²) in [6.07, 6.45) is 3.34. The van der Waals surface area contributed by atoms with E-state index < -0.39 is 0 Å². The summed E-state index contributed by atoms with van der Waals surface area (Å²) in [5.41, 5.74) is 2.14. The standard InChI is InChI=1S/C12H14N2O.C3H6O2/c15-12-11-7-3-4-8-14(11)10-6-2-1-5-9(10)13-12;1-3(4)5-2/h1-2,5-6,11H,3-4,7-8H2,(H,13,15);1-2H3. The number of anilines is 2. The van der Waals surface area contributed by atoms with E-state index in [1.165, 1.54) is 26.1 Å². The summed E-state index contributed by atoms with van der Waals surface area (Å²) in [6.45, 7) is 2.37. The lowest BCUT2D eigenvalue weighted by Crippen LogP contribution is -2.50. The second-order valence-electron chi connectivity index (χ2n) is 4.91. The molecular weight excluding hydrogens is 256 g/mol. The number of ether oxygens (including phenoxy) is 1. The van der Waals surface area contributed by atoms with Gasteiger partial charge in [-0.2, -0.15) is 0 Å². The van der Waals surface area contributed by atoms with Crippen LogP contribution in [0.5, 0.6) is 0 Å². The molecule has 0 bridgehead atoms. The van der Waals surface area contributed by atoms with Crippen LogP contribution >= 0.6 is 0 Å². The summed E-state index contributed by atoms with van der Waals surface area (Å²) in [7, 11) is 1.35. The van der Waals surface area contributed by atoms with Crippen LogP contribution in [0.3, 0.4) is 0 Å². The lowest BCUT2D eigenvalue weighted by molar-refractivity contribution is -0.137. The molecule has 1 amide bonds. The zero-order valence-electron chi connectivity index (χ0n) is 11.9. The number of para-hydroxylation sites is 2. The molecule has 0 radical (unpaired) electrons. The molecule has 5 heteroatoms. The Labute approximate surface area is 118 Å². The van der Waals surface area contributed by atoms with E-state index in [0.29, 0.717) is 0 Å². The third-order valence-corrected chi connectivity index (χ3v) is 3.56. The number of fused-ring (bicyclic) bond motifs is 3. The summed E-state index contributed by atoms with van der Waals surface area (Å²) in [4.78, 5) is 23.7. The van der Waals surface area contributed by atoms with E-state index in [-0.39, 0.29) is 17.9 Å². The highest BCUT2D eigenvalue weighted by Gasteiger charge is 2.33. The summed E-state index contributed by atoms with van der Waals surface area (Å²) < 4.78 is 4.11. The molecule has 0 aromatic heterocycles. The van der Waals surface area contributed by atoms with Gasteiger partial charge in [-0.3, -0.25) is 9.59 Å². The van der Waals surface area contributed by atoms with Crippen LogP contribution < -0.4 is 10.2 Å². The molecule has 1 aromatic rings. The minimum Gasteiger partial charge on any atom is -0.469 e. The highest BCUT2D eigenvalue weighted by atomic mass is 16.5. The van der Waals surface area contributed by atoms with Crippen molar-refractivity contribution in [3.8, 4) is 0 Å². The van der Waals surface area contributed by atoms with E-state index in [2.05, 4.69) is 21.0 Å². The van der Waals surface area contributed by atoms with Crippen LogP contribution in [0.2, 0.25) is 0 Å². The third-order valence-electron chi connectivity index (χ3n) is 3.56. The normalized spacial score (nSPS) is 19.8. The van der Waals surface area contributed by atoms with Gasteiger partial charge in [-0.1, -0.05) is 12.1 Å². The van der Waals surface area contributed by atoms with Crippen LogP contribution in [0, 0.1) is 0 Å². The maximum atomic E-state index is 11.8. The van der Waals surface area contributed by atoms with Gasteiger partial charge in [-0.05, 0) is 31.4 Å². The molecule has 1 aromatic carbocycles. The minimum atomic E-state index is -0.245. The van der Waals surface area contributed by atoms with Crippen LogP contribution in [-0.2, 0) is 14.3 Å².